The topological polar surface area (TPSA) is 139 Å². The van der Waals surface area contributed by atoms with Crippen molar-refractivity contribution in [3.63, 3.8) is 0 Å². The fourth-order valence-electron chi connectivity index (χ4n) is 3.23. The van der Waals surface area contributed by atoms with Gasteiger partial charge in [0.25, 0.3) is 5.69 Å². The number of nitro benzene ring substituents is 1. The second-order valence-corrected chi connectivity index (χ2v) is 7.17. The van der Waals surface area contributed by atoms with Gasteiger partial charge in [-0.15, -0.1) is 10.2 Å². The van der Waals surface area contributed by atoms with Gasteiger partial charge in [-0.25, -0.2) is 0 Å². The monoisotopic (exact) mass is 471 g/mol. The van der Waals surface area contributed by atoms with Crippen molar-refractivity contribution in [3.8, 4) is 11.4 Å². The molecule has 12 nitrogen and oxygen atoms in total. The molecule has 2 aromatic carbocycles. The molecule has 0 amide bonds. The maximum Gasteiger partial charge on any atom is 0.302 e. The van der Waals surface area contributed by atoms with E-state index < -0.39 is 16.9 Å². The van der Waals surface area contributed by atoms with Crippen molar-refractivity contribution in [1.29, 1.82) is 0 Å². The fourth-order valence-corrected chi connectivity index (χ4v) is 3.23. The molecule has 3 aromatic rings. The summed E-state index contributed by atoms with van der Waals surface area (Å²) in [5, 5.41) is 19.9. The average molecular weight is 471 g/mol. The summed E-state index contributed by atoms with van der Waals surface area (Å²) in [4.78, 5) is 36.1. The van der Waals surface area contributed by atoms with E-state index in [9.17, 15) is 19.7 Å². The zero-order valence-electron chi connectivity index (χ0n) is 19.1. The summed E-state index contributed by atoms with van der Waals surface area (Å²) in [6.07, 6.45) is 0. The van der Waals surface area contributed by atoms with Gasteiger partial charge in [-0.3, -0.25) is 19.7 Å². The Morgan fingerprint density at radius 3 is 2.06 bits per heavy atom. The van der Waals surface area contributed by atoms with Crippen LogP contribution < -0.4 is 9.64 Å². The number of rotatable bonds is 11. The third-order valence-electron chi connectivity index (χ3n) is 4.73. The Hall–Kier alpha value is -4.22. The molecule has 1 aromatic heterocycles. The minimum absolute atomic E-state index is 0.0300. The second kappa shape index (κ2) is 11.1. The van der Waals surface area contributed by atoms with E-state index in [-0.39, 0.29) is 18.9 Å². The number of aromatic nitrogens is 3. The molecule has 0 aliphatic rings. The van der Waals surface area contributed by atoms with Crippen molar-refractivity contribution in [2.75, 3.05) is 37.8 Å². The van der Waals surface area contributed by atoms with Crippen molar-refractivity contribution in [2.45, 2.75) is 20.8 Å². The SMILES string of the molecule is CCOc1cc2nn(-c3ccc([N+](=O)[O-])cc3)nc2cc1N(CCOC(C)=O)CCOC(C)=O. The van der Waals surface area contributed by atoms with Gasteiger partial charge in [-0.05, 0) is 25.1 Å². The van der Waals surface area contributed by atoms with Crippen LogP contribution in [0, 0.1) is 10.1 Å². The van der Waals surface area contributed by atoms with Gasteiger partial charge in [-0.2, -0.15) is 4.80 Å². The predicted molar refractivity (Wildman–Crippen MR) is 122 cm³/mol. The van der Waals surface area contributed by atoms with Crippen LogP contribution in [0.3, 0.4) is 0 Å². The number of hydrogen-bond donors (Lipinski definition) is 0. The third-order valence-corrected chi connectivity index (χ3v) is 4.73. The molecule has 0 atom stereocenters. The normalized spacial score (nSPS) is 10.7. The maximum absolute atomic E-state index is 11.2. The standard InChI is InChI=1S/C22H25N5O7/c1-4-32-22-14-20-19(23-26(24-20)17-5-7-18(8-6-17)27(30)31)13-21(22)25(9-11-33-15(2)28)10-12-34-16(3)29/h5-8,13-14H,4,9-12H2,1-3H3. The Bertz CT molecular complexity index is 1160. The summed E-state index contributed by atoms with van der Waals surface area (Å²) in [7, 11) is 0. The largest absolute Gasteiger partial charge is 0.492 e. The van der Waals surface area contributed by atoms with E-state index in [4.69, 9.17) is 14.2 Å². The third kappa shape index (κ3) is 6.18. The van der Waals surface area contributed by atoms with E-state index in [1.54, 1.807) is 24.3 Å². The van der Waals surface area contributed by atoms with Gasteiger partial charge >= 0.3 is 11.9 Å². The van der Waals surface area contributed by atoms with E-state index in [0.717, 1.165) is 0 Å². The molecule has 1 heterocycles. The number of fused-ring (bicyclic) bond motifs is 1. The van der Waals surface area contributed by atoms with Crippen LogP contribution in [-0.4, -0.2) is 64.8 Å². The molecule has 34 heavy (non-hydrogen) atoms. The molecule has 180 valence electrons. The van der Waals surface area contributed by atoms with Crippen molar-refractivity contribution in [2.24, 2.45) is 0 Å². The summed E-state index contributed by atoms with van der Waals surface area (Å²) < 4.78 is 16.0. The minimum atomic E-state index is -0.475. The molecule has 0 radical (unpaired) electrons. The van der Waals surface area contributed by atoms with E-state index in [0.29, 0.717) is 47.9 Å². The Morgan fingerprint density at radius 1 is 1.00 bits per heavy atom. The van der Waals surface area contributed by atoms with Gasteiger partial charge in [0.1, 0.15) is 30.0 Å². The Morgan fingerprint density at radius 2 is 1.56 bits per heavy atom. The lowest BCUT2D eigenvalue weighted by molar-refractivity contribution is -0.384. The lowest BCUT2D eigenvalue weighted by atomic mass is 10.2. The lowest BCUT2D eigenvalue weighted by Crippen LogP contribution is -2.32. The van der Waals surface area contributed by atoms with Crippen LogP contribution in [0.25, 0.3) is 16.7 Å². The van der Waals surface area contributed by atoms with Gasteiger partial charge in [0.2, 0.25) is 0 Å². The quantitative estimate of drug-likeness (QED) is 0.233. The average Bonchev–Trinajstić information content (AvgIpc) is 3.20. The first-order valence-electron chi connectivity index (χ1n) is 10.6. The highest BCUT2D eigenvalue weighted by atomic mass is 16.6. The molecule has 0 saturated heterocycles. The minimum Gasteiger partial charge on any atom is -0.492 e. The smallest absolute Gasteiger partial charge is 0.302 e. The number of anilines is 1. The number of ether oxygens (including phenoxy) is 3. The summed E-state index contributed by atoms with van der Waals surface area (Å²) in [6, 6.07) is 9.42. The van der Waals surface area contributed by atoms with Gasteiger partial charge in [0.05, 0.1) is 36.0 Å². The van der Waals surface area contributed by atoms with Crippen molar-refractivity contribution in [1.82, 2.24) is 15.0 Å². The summed E-state index contributed by atoms with van der Waals surface area (Å²) in [5.41, 5.74) is 2.32. The van der Waals surface area contributed by atoms with Gasteiger partial charge < -0.3 is 19.1 Å². The molecule has 0 bridgehead atoms. The van der Waals surface area contributed by atoms with E-state index in [1.165, 1.54) is 30.8 Å². The van der Waals surface area contributed by atoms with Crippen LogP contribution in [0.4, 0.5) is 11.4 Å². The highest BCUT2D eigenvalue weighted by Crippen LogP contribution is 2.33. The number of non-ortho nitro benzene ring substituents is 1. The van der Waals surface area contributed by atoms with Crippen LogP contribution >= 0.6 is 0 Å². The Kier molecular flexibility index (Phi) is 7.96. The first-order chi connectivity index (χ1) is 16.3. The van der Waals surface area contributed by atoms with Crippen LogP contribution in [0.15, 0.2) is 36.4 Å². The molecule has 0 N–H and O–H groups in total. The Labute approximate surface area is 195 Å². The second-order valence-electron chi connectivity index (χ2n) is 7.17. The Balaban J connectivity index is 1.96. The molecular weight excluding hydrogens is 446 g/mol. The van der Waals surface area contributed by atoms with Crippen molar-refractivity contribution >= 4 is 34.3 Å². The number of hydrogen-bond acceptors (Lipinski definition) is 10. The molecular formula is C22H25N5O7. The zero-order valence-corrected chi connectivity index (χ0v) is 19.1. The summed E-state index contributed by atoms with van der Waals surface area (Å²) >= 11 is 0. The molecule has 3 rings (SSSR count). The highest BCUT2D eigenvalue weighted by molar-refractivity contribution is 5.83. The van der Waals surface area contributed by atoms with Crippen LogP contribution in [-0.2, 0) is 19.1 Å². The number of carbonyl (C=O) groups excluding carboxylic acids is 2. The molecule has 0 spiro atoms. The molecule has 0 saturated carbocycles. The molecule has 0 unspecified atom stereocenters. The van der Waals surface area contributed by atoms with E-state index >= 15 is 0 Å². The van der Waals surface area contributed by atoms with E-state index in [1.807, 2.05) is 11.8 Å². The number of carbonyl (C=O) groups is 2. The summed E-state index contributed by atoms with van der Waals surface area (Å²) in [5.74, 6) is -0.255. The first-order valence-corrected chi connectivity index (χ1v) is 10.6. The van der Waals surface area contributed by atoms with Crippen LogP contribution in [0.5, 0.6) is 5.75 Å². The van der Waals surface area contributed by atoms with Crippen molar-refractivity contribution in [3.05, 3.63) is 46.5 Å². The van der Waals surface area contributed by atoms with Gasteiger partial charge in [0, 0.05) is 32.0 Å². The number of benzene rings is 2. The van der Waals surface area contributed by atoms with Crippen LogP contribution in [0.1, 0.15) is 20.8 Å². The number of nitro groups is 1. The zero-order chi connectivity index (χ0) is 24.7. The lowest BCUT2D eigenvalue weighted by Gasteiger charge is -2.26. The molecule has 0 aliphatic carbocycles. The first kappa shape index (κ1) is 24.4. The molecule has 0 fully saturated rings. The van der Waals surface area contributed by atoms with Crippen LogP contribution in [0.2, 0.25) is 0 Å². The molecule has 12 heteroatoms. The predicted octanol–water partition coefficient (Wildman–Crippen LogP) is 2.66. The fraction of sp³-hybridized carbons (Fsp3) is 0.364. The highest BCUT2D eigenvalue weighted by Gasteiger charge is 2.18. The summed E-state index contributed by atoms with van der Waals surface area (Å²) in [6.45, 7) is 5.85. The van der Waals surface area contributed by atoms with E-state index in [2.05, 4.69) is 10.2 Å². The number of esters is 2. The number of nitrogens with zero attached hydrogens (tertiary/aromatic N) is 5. The van der Waals surface area contributed by atoms with Crippen molar-refractivity contribution < 1.29 is 28.7 Å². The van der Waals surface area contributed by atoms with Gasteiger partial charge in [0.15, 0.2) is 0 Å². The maximum atomic E-state index is 11.2. The molecule has 0 aliphatic heterocycles. The van der Waals surface area contributed by atoms with Gasteiger partial charge in [-0.1, -0.05) is 0 Å².